The maximum absolute atomic E-state index is 13.5. The molecule has 2 bridgehead atoms. The third-order valence-electron chi connectivity index (χ3n) is 7.11. The largest absolute Gasteiger partial charge is 0.381 e. The highest BCUT2D eigenvalue weighted by molar-refractivity contribution is 8.00. The molecule has 1 heterocycles. The van der Waals surface area contributed by atoms with Crippen molar-refractivity contribution < 1.29 is 23.1 Å². The lowest BCUT2D eigenvalue weighted by Gasteiger charge is -2.42. The van der Waals surface area contributed by atoms with E-state index in [0.717, 1.165) is 37.8 Å². The molecule has 0 saturated heterocycles. The third kappa shape index (κ3) is 4.34. The van der Waals surface area contributed by atoms with E-state index in [2.05, 4.69) is 10.3 Å². The average Bonchev–Trinajstić information content (AvgIpc) is 3.29. The molecule has 4 atom stereocenters. The monoisotopic (exact) mass is 521 g/mol. The van der Waals surface area contributed by atoms with Crippen LogP contribution in [0.1, 0.15) is 41.9 Å². The molecular formula is C25H23ClF3N3O2S. The van der Waals surface area contributed by atoms with Crippen LogP contribution in [0.25, 0.3) is 0 Å². The second-order valence-corrected chi connectivity index (χ2v) is 11.0. The van der Waals surface area contributed by atoms with E-state index >= 15 is 0 Å². The van der Waals surface area contributed by atoms with E-state index in [1.165, 1.54) is 6.07 Å². The summed E-state index contributed by atoms with van der Waals surface area (Å²) in [6, 6.07) is 6.21. The summed E-state index contributed by atoms with van der Waals surface area (Å²) in [6.45, 7) is 0. The molecule has 1 aromatic heterocycles. The number of nitrogens with zero attached hydrogens (tertiary/aromatic N) is 2. The molecule has 1 amide bonds. The summed E-state index contributed by atoms with van der Waals surface area (Å²) < 4.78 is 42.1. The summed E-state index contributed by atoms with van der Waals surface area (Å²) in [4.78, 5) is 17.8. The second-order valence-electron chi connectivity index (χ2n) is 9.22. The molecule has 2 saturated carbocycles. The number of amides is 1. The Hall–Kier alpha value is -2.49. The number of carbonyl (C=O) groups is 1. The Morgan fingerprint density at radius 2 is 1.83 bits per heavy atom. The van der Waals surface area contributed by atoms with Gasteiger partial charge in [0.2, 0.25) is 0 Å². The molecule has 10 heteroatoms. The van der Waals surface area contributed by atoms with Crippen LogP contribution < -0.4 is 5.32 Å². The van der Waals surface area contributed by atoms with Crippen molar-refractivity contribution in [1.29, 1.82) is 0 Å². The molecule has 0 spiro atoms. The molecule has 2 aromatic carbocycles. The van der Waals surface area contributed by atoms with Crippen LogP contribution in [-0.2, 0) is 12.6 Å². The number of imidazole rings is 1. The highest BCUT2D eigenvalue weighted by atomic mass is 35.5. The minimum absolute atomic E-state index is 0.0772. The fourth-order valence-corrected chi connectivity index (χ4v) is 7.10. The number of hydrogen-bond donors (Lipinski definition) is 2. The Kier molecular flexibility index (Phi) is 6.35. The molecule has 2 fully saturated rings. The molecular weight excluding hydrogens is 499 g/mol. The molecule has 0 aliphatic heterocycles. The lowest BCUT2D eigenvalue weighted by molar-refractivity contribution is -0.0733. The van der Waals surface area contributed by atoms with Crippen LogP contribution in [0.15, 0.2) is 47.6 Å². The van der Waals surface area contributed by atoms with Gasteiger partial charge in [-0.15, -0.1) is 11.8 Å². The summed E-state index contributed by atoms with van der Waals surface area (Å²) >= 11 is 8.00. The Morgan fingerprint density at radius 1 is 1.17 bits per heavy atom. The van der Waals surface area contributed by atoms with Gasteiger partial charge in [-0.25, -0.2) is 18.2 Å². The summed E-state index contributed by atoms with van der Waals surface area (Å²) in [6.07, 6.45) is 6.96. The number of anilines is 1. The fraction of sp³-hybridized carbons (Fsp3) is 0.360. The van der Waals surface area contributed by atoms with Gasteiger partial charge in [0, 0.05) is 53.0 Å². The van der Waals surface area contributed by atoms with Crippen LogP contribution >= 0.6 is 23.4 Å². The summed E-state index contributed by atoms with van der Waals surface area (Å²) in [5.74, 6) is -4.10. The fourth-order valence-electron chi connectivity index (χ4n) is 5.46. The van der Waals surface area contributed by atoms with Gasteiger partial charge < -0.3 is 15.0 Å². The van der Waals surface area contributed by atoms with Crippen molar-refractivity contribution in [2.45, 2.75) is 41.4 Å². The van der Waals surface area contributed by atoms with Crippen molar-refractivity contribution in [3.05, 3.63) is 76.6 Å². The topological polar surface area (TPSA) is 67.1 Å². The number of aryl methyl sites for hydroxylation is 1. The third-order valence-corrected chi connectivity index (χ3v) is 8.86. The quantitative estimate of drug-likeness (QED) is 0.409. The first kappa shape index (κ1) is 24.2. The van der Waals surface area contributed by atoms with Gasteiger partial charge in [0.1, 0.15) is 11.4 Å². The molecule has 1 unspecified atom stereocenters. The van der Waals surface area contributed by atoms with E-state index in [1.807, 2.05) is 17.8 Å². The van der Waals surface area contributed by atoms with Gasteiger partial charge in [-0.05, 0) is 55.7 Å². The van der Waals surface area contributed by atoms with Crippen molar-refractivity contribution in [1.82, 2.24) is 9.55 Å². The summed E-state index contributed by atoms with van der Waals surface area (Å²) in [5, 5.41) is 14.7. The van der Waals surface area contributed by atoms with Gasteiger partial charge in [0.15, 0.2) is 17.5 Å². The minimum atomic E-state index is -1.59. The molecule has 5 nitrogen and oxygen atoms in total. The smallest absolute Gasteiger partial charge is 0.255 e. The number of carbonyl (C=O) groups excluding carboxylic acids is 1. The van der Waals surface area contributed by atoms with E-state index in [1.54, 1.807) is 30.1 Å². The predicted octanol–water partition coefficient (Wildman–Crippen LogP) is 5.91. The number of benzene rings is 2. The van der Waals surface area contributed by atoms with E-state index in [9.17, 15) is 23.1 Å². The number of fused-ring (bicyclic) bond motifs is 2. The Bertz CT molecular complexity index is 1260. The van der Waals surface area contributed by atoms with E-state index in [0.29, 0.717) is 15.7 Å². The second kappa shape index (κ2) is 9.19. The zero-order chi connectivity index (χ0) is 24.9. The summed E-state index contributed by atoms with van der Waals surface area (Å²) in [5.41, 5.74) is -0.876. The zero-order valence-electron chi connectivity index (χ0n) is 18.8. The van der Waals surface area contributed by atoms with Crippen molar-refractivity contribution in [3.8, 4) is 0 Å². The average molecular weight is 522 g/mol. The van der Waals surface area contributed by atoms with Gasteiger partial charge >= 0.3 is 0 Å². The number of aromatic nitrogens is 2. The lowest BCUT2D eigenvalue weighted by atomic mass is 9.73. The number of hydrogen-bond acceptors (Lipinski definition) is 4. The van der Waals surface area contributed by atoms with Crippen molar-refractivity contribution in [3.63, 3.8) is 0 Å². The van der Waals surface area contributed by atoms with Crippen molar-refractivity contribution in [2.75, 3.05) is 5.32 Å². The Balaban J connectivity index is 1.32. The number of thioether (sulfide) groups is 1. The number of aliphatic hydroxyl groups is 1. The highest BCUT2D eigenvalue weighted by Crippen LogP contribution is 2.57. The highest BCUT2D eigenvalue weighted by Gasteiger charge is 2.56. The first-order valence-corrected chi connectivity index (χ1v) is 12.5. The van der Waals surface area contributed by atoms with Crippen molar-refractivity contribution in [2.24, 2.45) is 18.9 Å². The molecule has 5 rings (SSSR count). The summed E-state index contributed by atoms with van der Waals surface area (Å²) in [7, 11) is 1.89. The molecule has 0 radical (unpaired) electrons. The zero-order valence-corrected chi connectivity index (χ0v) is 20.3. The van der Waals surface area contributed by atoms with Crippen LogP contribution in [0.3, 0.4) is 0 Å². The van der Waals surface area contributed by atoms with Gasteiger partial charge in [-0.3, -0.25) is 4.79 Å². The molecule has 2 N–H and O–H groups in total. The van der Waals surface area contributed by atoms with Gasteiger partial charge in [0.25, 0.3) is 5.91 Å². The molecule has 184 valence electrons. The molecule has 3 aromatic rings. The SMILES string of the molecule is Cn1ccnc1[C@@]1(O)C2CC[C@H]1C[C@H](Sc1cc(C(=O)Nc3cc(F)c(F)c(F)c3)ccc1Cl)C2. The van der Waals surface area contributed by atoms with Crippen LogP contribution in [0.2, 0.25) is 5.02 Å². The van der Waals surface area contributed by atoms with E-state index in [4.69, 9.17) is 11.6 Å². The van der Waals surface area contributed by atoms with Gasteiger partial charge in [-0.2, -0.15) is 0 Å². The number of nitrogens with one attached hydrogen (secondary N) is 1. The maximum atomic E-state index is 13.5. The van der Waals surface area contributed by atoms with E-state index < -0.39 is 29.0 Å². The van der Waals surface area contributed by atoms with Crippen molar-refractivity contribution >= 4 is 35.0 Å². The first-order chi connectivity index (χ1) is 16.7. The Morgan fingerprint density at radius 3 is 2.43 bits per heavy atom. The van der Waals surface area contributed by atoms with Crippen LogP contribution in [0.5, 0.6) is 0 Å². The van der Waals surface area contributed by atoms with Gasteiger partial charge in [0.05, 0.1) is 5.02 Å². The predicted molar refractivity (Wildman–Crippen MR) is 128 cm³/mol. The maximum Gasteiger partial charge on any atom is 0.255 e. The molecule has 2 aliphatic carbocycles. The normalized spacial score (nSPS) is 25.6. The minimum Gasteiger partial charge on any atom is -0.381 e. The standard InChI is InChI=1S/C25H23ClF3N3O2S/c1-32-7-6-30-24(32)25(34)14-3-4-15(25)10-17(9-14)35-21-8-13(2-5-18(21)26)23(33)31-16-11-19(27)22(29)20(28)12-16/h2,5-8,11-12,14-15,17,34H,3-4,9-10H2,1H3,(H,31,33)/t14-,15?,17-,25-/m0/s1. The van der Waals surface area contributed by atoms with E-state index in [-0.39, 0.29) is 28.3 Å². The molecule has 35 heavy (non-hydrogen) atoms. The number of halogens is 4. The number of rotatable bonds is 5. The van der Waals surface area contributed by atoms with Crippen LogP contribution in [-0.4, -0.2) is 25.8 Å². The Labute approximate surface area is 209 Å². The lowest BCUT2D eigenvalue weighted by Crippen LogP contribution is -2.45. The first-order valence-electron chi connectivity index (χ1n) is 11.3. The van der Waals surface area contributed by atoms with Crippen LogP contribution in [0, 0.1) is 29.3 Å². The van der Waals surface area contributed by atoms with Crippen LogP contribution in [0.4, 0.5) is 18.9 Å². The molecule has 2 aliphatic rings. The van der Waals surface area contributed by atoms with Gasteiger partial charge in [-0.1, -0.05) is 11.6 Å².